The van der Waals surface area contributed by atoms with E-state index in [0.717, 1.165) is 51.4 Å². The van der Waals surface area contributed by atoms with E-state index < -0.39 is 0 Å². The molecule has 33 heavy (non-hydrogen) atoms. The second-order valence-electron chi connectivity index (χ2n) is 10.5. The van der Waals surface area contributed by atoms with Gasteiger partial charge in [-0.25, -0.2) is 0 Å². The first-order chi connectivity index (χ1) is 16.1. The standard InChI is InChI=1S/C31H32O2/c32-25-12-14-27-24(17-25)11-13-28-29-18-26(33)21-30(29,19-22-7-3-1-4-8-22)15-16-31(27,28)20-23-9-5-2-6-10-23/h1-10,12,14,17,26,32-33H,11,13,15-16,18-21H2/t26-,30+,31+/m0/s1. The summed E-state index contributed by atoms with van der Waals surface area (Å²) >= 11 is 0. The van der Waals surface area contributed by atoms with Crippen LogP contribution in [0.1, 0.15) is 54.4 Å². The van der Waals surface area contributed by atoms with Gasteiger partial charge in [-0.05, 0) is 91.2 Å². The minimum Gasteiger partial charge on any atom is -0.508 e. The average molecular weight is 437 g/mol. The number of aliphatic hydroxyl groups is 1. The van der Waals surface area contributed by atoms with Gasteiger partial charge in [0.05, 0.1) is 6.10 Å². The molecule has 0 amide bonds. The third-order valence-corrected chi connectivity index (χ3v) is 8.66. The van der Waals surface area contributed by atoms with E-state index >= 15 is 0 Å². The van der Waals surface area contributed by atoms with Gasteiger partial charge in [0.2, 0.25) is 0 Å². The van der Waals surface area contributed by atoms with Crippen molar-refractivity contribution in [2.75, 3.05) is 0 Å². The second kappa shape index (κ2) is 7.88. The van der Waals surface area contributed by atoms with E-state index in [1.807, 2.05) is 12.1 Å². The quantitative estimate of drug-likeness (QED) is 0.472. The average Bonchev–Trinajstić information content (AvgIpc) is 3.15. The Morgan fingerprint density at radius 2 is 1.45 bits per heavy atom. The van der Waals surface area contributed by atoms with E-state index in [1.54, 1.807) is 11.1 Å². The predicted octanol–water partition coefficient (Wildman–Crippen LogP) is 6.29. The third-order valence-electron chi connectivity index (χ3n) is 8.66. The van der Waals surface area contributed by atoms with Crippen LogP contribution in [0.5, 0.6) is 5.75 Å². The number of aryl methyl sites for hydroxylation is 1. The first-order valence-electron chi connectivity index (χ1n) is 12.4. The maximum absolute atomic E-state index is 10.9. The lowest BCUT2D eigenvalue weighted by atomic mass is 9.53. The fourth-order valence-corrected chi connectivity index (χ4v) is 7.38. The number of phenols is 1. The highest BCUT2D eigenvalue weighted by molar-refractivity contribution is 5.54. The van der Waals surface area contributed by atoms with Gasteiger partial charge in [-0.15, -0.1) is 0 Å². The molecule has 3 aromatic carbocycles. The molecule has 0 radical (unpaired) electrons. The van der Waals surface area contributed by atoms with Crippen LogP contribution in [0.3, 0.4) is 0 Å². The van der Waals surface area contributed by atoms with Crippen molar-refractivity contribution in [3.63, 3.8) is 0 Å². The van der Waals surface area contributed by atoms with E-state index in [-0.39, 0.29) is 16.9 Å². The SMILES string of the molecule is Oc1ccc2c(c1)CCC1=C3C[C@H](O)C[C@]3(Cc3ccccc3)CC[C@]12Cc1ccccc1. The molecule has 168 valence electrons. The molecule has 3 aliphatic rings. The predicted molar refractivity (Wildman–Crippen MR) is 132 cm³/mol. The Morgan fingerprint density at radius 3 is 2.18 bits per heavy atom. The van der Waals surface area contributed by atoms with Crippen molar-refractivity contribution in [2.24, 2.45) is 5.41 Å². The molecular weight excluding hydrogens is 404 g/mol. The van der Waals surface area contributed by atoms with Gasteiger partial charge in [-0.1, -0.05) is 77.9 Å². The number of allylic oxidation sites excluding steroid dienone is 1. The Bertz CT molecular complexity index is 1200. The van der Waals surface area contributed by atoms with Crippen LogP contribution in [-0.2, 0) is 24.7 Å². The van der Waals surface area contributed by atoms with Gasteiger partial charge in [-0.3, -0.25) is 0 Å². The Balaban J connectivity index is 1.52. The fourth-order valence-electron chi connectivity index (χ4n) is 7.38. The summed E-state index contributed by atoms with van der Waals surface area (Å²) in [7, 11) is 0. The molecule has 2 nitrogen and oxygen atoms in total. The van der Waals surface area contributed by atoms with Crippen molar-refractivity contribution in [3.8, 4) is 5.75 Å². The maximum Gasteiger partial charge on any atom is 0.115 e. The maximum atomic E-state index is 10.9. The zero-order valence-corrected chi connectivity index (χ0v) is 19.1. The summed E-state index contributed by atoms with van der Waals surface area (Å²) in [6, 6.07) is 27.8. The number of fused-ring (bicyclic) bond motifs is 4. The molecule has 0 unspecified atom stereocenters. The molecule has 1 saturated carbocycles. The number of aliphatic hydroxyl groups excluding tert-OH is 1. The van der Waals surface area contributed by atoms with Crippen molar-refractivity contribution in [1.82, 2.24) is 0 Å². The zero-order chi connectivity index (χ0) is 22.5. The fraction of sp³-hybridized carbons (Fsp3) is 0.355. The van der Waals surface area contributed by atoms with Crippen molar-refractivity contribution < 1.29 is 10.2 Å². The molecule has 0 heterocycles. The van der Waals surface area contributed by atoms with Crippen molar-refractivity contribution >= 4 is 0 Å². The van der Waals surface area contributed by atoms with Crippen LogP contribution in [0, 0.1) is 5.41 Å². The highest BCUT2D eigenvalue weighted by atomic mass is 16.3. The van der Waals surface area contributed by atoms with Crippen molar-refractivity contribution in [3.05, 3.63) is 112 Å². The summed E-state index contributed by atoms with van der Waals surface area (Å²) in [6.07, 6.45) is 7.65. The number of hydrogen-bond donors (Lipinski definition) is 2. The van der Waals surface area contributed by atoms with Crippen LogP contribution in [0.4, 0.5) is 0 Å². The minimum absolute atomic E-state index is 0.0395. The number of benzene rings is 3. The number of rotatable bonds is 4. The molecule has 3 aromatic rings. The summed E-state index contributed by atoms with van der Waals surface area (Å²) in [5.41, 5.74) is 8.60. The Kier molecular flexibility index (Phi) is 4.96. The Morgan fingerprint density at radius 1 is 0.758 bits per heavy atom. The summed E-state index contributed by atoms with van der Waals surface area (Å²) in [4.78, 5) is 0. The first-order valence-corrected chi connectivity index (χ1v) is 12.4. The topological polar surface area (TPSA) is 40.5 Å². The lowest BCUT2D eigenvalue weighted by Crippen LogP contribution is -2.43. The lowest BCUT2D eigenvalue weighted by Gasteiger charge is -2.51. The highest BCUT2D eigenvalue weighted by Gasteiger charge is 2.53. The molecular formula is C31H32O2. The van der Waals surface area contributed by atoms with Crippen molar-refractivity contribution in [2.45, 2.75) is 62.9 Å². The highest BCUT2D eigenvalue weighted by Crippen LogP contribution is 2.62. The van der Waals surface area contributed by atoms with Crippen LogP contribution in [0.25, 0.3) is 0 Å². The monoisotopic (exact) mass is 436 g/mol. The molecule has 0 aliphatic heterocycles. The van der Waals surface area contributed by atoms with E-state index in [0.29, 0.717) is 5.75 Å². The van der Waals surface area contributed by atoms with E-state index in [1.165, 1.54) is 22.3 Å². The Hall–Kier alpha value is -2.84. The molecule has 0 saturated heterocycles. The largest absolute Gasteiger partial charge is 0.508 e. The molecule has 2 heteroatoms. The van der Waals surface area contributed by atoms with Gasteiger partial charge < -0.3 is 10.2 Å². The van der Waals surface area contributed by atoms with Gasteiger partial charge in [0.15, 0.2) is 0 Å². The summed E-state index contributed by atoms with van der Waals surface area (Å²) in [5, 5.41) is 21.1. The van der Waals surface area contributed by atoms with Crippen LogP contribution >= 0.6 is 0 Å². The van der Waals surface area contributed by atoms with Crippen LogP contribution in [0.2, 0.25) is 0 Å². The minimum atomic E-state index is -0.245. The number of hydrogen-bond acceptors (Lipinski definition) is 2. The normalized spacial score (nSPS) is 28.2. The van der Waals surface area contributed by atoms with E-state index in [4.69, 9.17) is 0 Å². The van der Waals surface area contributed by atoms with E-state index in [9.17, 15) is 10.2 Å². The smallest absolute Gasteiger partial charge is 0.115 e. The Labute approximate surface area is 196 Å². The van der Waals surface area contributed by atoms with Gasteiger partial charge in [0.1, 0.15) is 5.75 Å². The second-order valence-corrected chi connectivity index (χ2v) is 10.5. The molecule has 3 atom stereocenters. The molecule has 1 fully saturated rings. The molecule has 0 spiro atoms. The molecule has 6 rings (SSSR count). The zero-order valence-electron chi connectivity index (χ0n) is 19.1. The van der Waals surface area contributed by atoms with Gasteiger partial charge in [-0.2, -0.15) is 0 Å². The van der Waals surface area contributed by atoms with Crippen LogP contribution < -0.4 is 0 Å². The van der Waals surface area contributed by atoms with Gasteiger partial charge >= 0.3 is 0 Å². The summed E-state index contributed by atoms with van der Waals surface area (Å²) < 4.78 is 0. The van der Waals surface area contributed by atoms with Gasteiger partial charge in [0.25, 0.3) is 0 Å². The number of aromatic hydroxyl groups is 1. The van der Waals surface area contributed by atoms with Crippen LogP contribution in [-0.4, -0.2) is 16.3 Å². The number of phenolic OH excluding ortho intramolecular Hbond substituents is 1. The molecule has 3 aliphatic carbocycles. The molecule has 0 aromatic heterocycles. The lowest BCUT2D eigenvalue weighted by molar-refractivity contribution is 0.148. The van der Waals surface area contributed by atoms with Gasteiger partial charge in [0, 0.05) is 5.41 Å². The van der Waals surface area contributed by atoms with Crippen LogP contribution in [0.15, 0.2) is 90.0 Å². The molecule has 2 N–H and O–H groups in total. The summed E-state index contributed by atoms with van der Waals surface area (Å²) in [5.74, 6) is 0.366. The van der Waals surface area contributed by atoms with E-state index in [2.05, 4.69) is 66.7 Å². The summed E-state index contributed by atoms with van der Waals surface area (Å²) in [6.45, 7) is 0. The molecule has 0 bridgehead atoms. The third kappa shape index (κ3) is 3.43. The first kappa shape index (κ1) is 20.7. The van der Waals surface area contributed by atoms with Crippen molar-refractivity contribution in [1.29, 1.82) is 0 Å².